The molecule has 8 heteroatoms. The van der Waals surface area contributed by atoms with E-state index in [9.17, 15) is 10.1 Å². The van der Waals surface area contributed by atoms with Crippen LogP contribution in [-0.2, 0) is 6.54 Å². The summed E-state index contributed by atoms with van der Waals surface area (Å²) in [7, 11) is 0. The molecule has 0 radical (unpaired) electrons. The molecule has 0 saturated carbocycles. The Bertz CT molecular complexity index is 733. The highest BCUT2D eigenvalue weighted by atomic mass is 127. The van der Waals surface area contributed by atoms with Crippen molar-refractivity contribution in [3.63, 3.8) is 0 Å². The van der Waals surface area contributed by atoms with Crippen LogP contribution < -0.4 is 15.8 Å². The van der Waals surface area contributed by atoms with Gasteiger partial charge in [-0.25, -0.2) is 4.99 Å². The van der Waals surface area contributed by atoms with Gasteiger partial charge in [-0.05, 0) is 43.7 Å². The van der Waals surface area contributed by atoms with Gasteiger partial charge in [-0.1, -0.05) is 12.1 Å². The Hall–Kier alpha value is -2.36. The molecule has 25 heavy (non-hydrogen) atoms. The summed E-state index contributed by atoms with van der Waals surface area (Å²) in [5, 5.41) is 13.7. The molecule has 0 aliphatic carbocycles. The number of guanidine groups is 1. The smallest absolute Gasteiger partial charge is 0.269 e. The van der Waals surface area contributed by atoms with E-state index in [4.69, 9.17) is 10.5 Å². The van der Waals surface area contributed by atoms with Crippen LogP contribution in [0.4, 0.5) is 11.4 Å². The predicted molar refractivity (Wildman–Crippen MR) is 110 cm³/mol. The van der Waals surface area contributed by atoms with Gasteiger partial charge >= 0.3 is 0 Å². The van der Waals surface area contributed by atoms with Crippen LogP contribution in [0, 0.1) is 10.1 Å². The van der Waals surface area contributed by atoms with Crippen LogP contribution in [0.15, 0.2) is 53.5 Å². The Labute approximate surface area is 163 Å². The summed E-state index contributed by atoms with van der Waals surface area (Å²) >= 11 is 0. The first-order valence-corrected chi connectivity index (χ1v) is 7.51. The van der Waals surface area contributed by atoms with Crippen LogP contribution >= 0.6 is 24.0 Å². The molecule has 3 N–H and O–H groups in total. The zero-order valence-corrected chi connectivity index (χ0v) is 16.3. The average Bonchev–Trinajstić information content (AvgIpc) is 2.54. The molecular formula is C17H21IN4O3. The van der Waals surface area contributed by atoms with E-state index in [-0.39, 0.29) is 48.3 Å². The maximum atomic E-state index is 10.7. The first-order chi connectivity index (χ1) is 11.4. The molecule has 0 aliphatic rings. The molecule has 0 aliphatic heterocycles. The number of nitrogens with zero attached hydrogens (tertiary/aromatic N) is 2. The van der Waals surface area contributed by atoms with Gasteiger partial charge in [0.25, 0.3) is 5.69 Å². The lowest BCUT2D eigenvalue weighted by Crippen LogP contribution is -2.22. The zero-order valence-electron chi connectivity index (χ0n) is 14.0. The molecule has 0 heterocycles. The van der Waals surface area contributed by atoms with E-state index in [2.05, 4.69) is 10.3 Å². The van der Waals surface area contributed by atoms with Crippen molar-refractivity contribution in [3.05, 3.63) is 64.2 Å². The number of nitro benzene ring substituents is 1. The van der Waals surface area contributed by atoms with Gasteiger partial charge in [-0.3, -0.25) is 10.1 Å². The van der Waals surface area contributed by atoms with Crippen molar-refractivity contribution in [1.29, 1.82) is 0 Å². The van der Waals surface area contributed by atoms with Crippen LogP contribution in [0.5, 0.6) is 5.75 Å². The molecule has 0 unspecified atom stereocenters. The van der Waals surface area contributed by atoms with Crippen LogP contribution in [0.1, 0.15) is 19.4 Å². The molecule has 7 nitrogen and oxygen atoms in total. The predicted octanol–water partition coefficient (Wildman–Crippen LogP) is 3.93. The molecule has 0 bridgehead atoms. The lowest BCUT2D eigenvalue weighted by atomic mass is 10.2. The van der Waals surface area contributed by atoms with Crippen molar-refractivity contribution in [1.82, 2.24) is 0 Å². The summed E-state index contributed by atoms with van der Waals surface area (Å²) in [6.07, 6.45) is 0.116. The first kappa shape index (κ1) is 20.7. The lowest BCUT2D eigenvalue weighted by molar-refractivity contribution is -0.384. The largest absolute Gasteiger partial charge is 0.491 e. The topological polar surface area (TPSA) is 103 Å². The van der Waals surface area contributed by atoms with Crippen molar-refractivity contribution in [2.24, 2.45) is 10.7 Å². The Balaban J connectivity index is 0.00000312. The molecule has 0 amide bonds. The van der Waals surface area contributed by atoms with Crippen molar-refractivity contribution >= 4 is 41.3 Å². The van der Waals surface area contributed by atoms with Gasteiger partial charge in [-0.15, -0.1) is 24.0 Å². The van der Waals surface area contributed by atoms with Crippen molar-refractivity contribution in [3.8, 4) is 5.75 Å². The molecule has 2 rings (SSSR count). The summed E-state index contributed by atoms with van der Waals surface area (Å²) in [5.41, 5.74) is 7.38. The fourth-order valence-electron chi connectivity index (χ4n) is 2.02. The minimum Gasteiger partial charge on any atom is -0.491 e. The highest BCUT2D eigenvalue weighted by Crippen LogP contribution is 2.17. The van der Waals surface area contributed by atoms with Crippen molar-refractivity contribution < 1.29 is 9.66 Å². The van der Waals surface area contributed by atoms with E-state index in [1.165, 1.54) is 12.1 Å². The van der Waals surface area contributed by atoms with Gasteiger partial charge in [0.05, 0.1) is 17.6 Å². The molecule has 0 aromatic heterocycles. The standard InChI is InChI=1S/C17H20N4O3.HI/c1-12(2)24-16-8-6-14(7-9-16)20-17(18)19-11-13-4-3-5-15(10-13)21(22)23;/h3-10,12H,11H2,1-2H3,(H3,18,19,20);1H. The molecule has 0 atom stereocenters. The highest BCUT2D eigenvalue weighted by molar-refractivity contribution is 14.0. The number of ether oxygens (including phenoxy) is 1. The number of anilines is 1. The van der Waals surface area contributed by atoms with Gasteiger partial charge in [0.1, 0.15) is 5.75 Å². The lowest BCUT2D eigenvalue weighted by Gasteiger charge is -2.11. The quantitative estimate of drug-likeness (QED) is 0.226. The second-order valence-electron chi connectivity index (χ2n) is 5.44. The minimum absolute atomic E-state index is 0. The highest BCUT2D eigenvalue weighted by Gasteiger charge is 2.05. The molecule has 2 aromatic rings. The Kier molecular flexibility index (Phi) is 8.12. The number of benzene rings is 2. The van der Waals surface area contributed by atoms with Crippen LogP contribution in [0.25, 0.3) is 0 Å². The number of nitro groups is 1. The normalized spacial score (nSPS) is 10.9. The van der Waals surface area contributed by atoms with Gasteiger partial charge in [-0.2, -0.15) is 0 Å². The maximum Gasteiger partial charge on any atom is 0.269 e. The number of hydrogen-bond donors (Lipinski definition) is 2. The van der Waals surface area contributed by atoms with Crippen molar-refractivity contribution in [2.75, 3.05) is 5.32 Å². The third-order valence-corrected chi connectivity index (χ3v) is 3.05. The van der Waals surface area contributed by atoms with Crippen LogP contribution in [-0.4, -0.2) is 17.0 Å². The fourth-order valence-corrected chi connectivity index (χ4v) is 2.02. The number of nitrogens with two attached hydrogens (primary N) is 1. The summed E-state index contributed by atoms with van der Waals surface area (Å²) < 4.78 is 5.57. The number of non-ortho nitro benzene ring substituents is 1. The van der Waals surface area contributed by atoms with E-state index in [1.807, 2.05) is 38.1 Å². The van der Waals surface area contributed by atoms with E-state index >= 15 is 0 Å². The molecule has 0 saturated heterocycles. The number of nitrogens with one attached hydrogen (secondary N) is 1. The van der Waals surface area contributed by atoms with E-state index < -0.39 is 4.92 Å². The van der Waals surface area contributed by atoms with E-state index in [1.54, 1.807) is 12.1 Å². The summed E-state index contributed by atoms with van der Waals surface area (Å²) in [6, 6.07) is 13.7. The Morgan fingerprint density at radius 1 is 1.28 bits per heavy atom. The first-order valence-electron chi connectivity index (χ1n) is 7.51. The summed E-state index contributed by atoms with van der Waals surface area (Å²) in [6.45, 7) is 4.19. The molecule has 134 valence electrons. The third kappa shape index (κ3) is 6.96. The molecule has 0 spiro atoms. The van der Waals surface area contributed by atoms with E-state index in [0.29, 0.717) is 0 Å². The minimum atomic E-state index is -0.435. The van der Waals surface area contributed by atoms with E-state index in [0.717, 1.165) is 17.0 Å². The zero-order chi connectivity index (χ0) is 17.5. The summed E-state index contributed by atoms with van der Waals surface area (Å²) in [4.78, 5) is 14.5. The second kappa shape index (κ2) is 9.82. The number of halogens is 1. The van der Waals surface area contributed by atoms with Gasteiger partial charge in [0, 0.05) is 17.8 Å². The maximum absolute atomic E-state index is 10.7. The molecular weight excluding hydrogens is 435 g/mol. The molecule has 0 fully saturated rings. The Morgan fingerprint density at radius 2 is 1.96 bits per heavy atom. The second-order valence-corrected chi connectivity index (χ2v) is 5.44. The van der Waals surface area contributed by atoms with Gasteiger partial charge < -0.3 is 15.8 Å². The third-order valence-electron chi connectivity index (χ3n) is 3.05. The monoisotopic (exact) mass is 456 g/mol. The number of aliphatic imine (C=N–C) groups is 1. The van der Waals surface area contributed by atoms with Crippen LogP contribution in [0.2, 0.25) is 0 Å². The van der Waals surface area contributed by atoms with Gasteiger partial charge in [0.15, 0.2) is 5.96 Å². The Morgan fingerprint density at radius 3 is 2.56 bits per heavy atom. The number of rotatable bonds is 6. The SMILES string of the molecule is CC(C)Oc1ccc(NC(N)=NCc2cccc([N+](=O)[O-])c2)cc1.I. The van der Waals surface area contributed by atoms with Crippen LogP contribution in [0.3, 0.4) is 0 Å². The van der Waals surface area contributed by atoms with Crippen molar-refractivity contribution in [2.45, 2.75) is 26.5 Å². The fraction of sp³-hybridized carbons (Fsp3) is 0.235. The summed E-state index contributed by atoms with van der Waals surface area (Å²) in [5.74, 6) is 1.02. The molecule has 2 aromatic carbocycles. The van der Waals surface area contributed by atoms with Gasteiger partial charge in [0.2, 0.25) is 0 Å². The number of hydrogen-bond acceptors (Lipinski definition) is 4. The average molecular weight is 456 g/mol.